The van der Waals surface area contributed by atoms with Crippen LogP contribution in [0.3, 0.4) is 0 Å². The Morgan fingerprint density at radius 2 is 2.20 bits per heavy atom. The minimum atomic E-state index is -0.360. The molecular formula is C12H16ClN3O3S. The van der Waals surface area contributed by atoms with E-state index in [-0.39, 0.29) is 12.5 Å². The van der Waals surface area contributed by atoms with Crippen LogP contribution in [0.25, 0.3) is 0 Å². The average molecular weight is 318 g/mol. The van der Waals surface area contributed by atoms with Crippen LogP contribution in [0.2, 0.25) is 5.02 Å². The van der Waals surface area contributed by atoms with Gasteiger partial charge in [0.2, 0.25) is 0 Å². The second kappa shape index (κ2) is 9.35. The number of ether oxygens (including phenoxy) is 2. The molecule has 0 aromatic heterocycles. The number of amides is 1. The van der Waals surface area contributed by atoms with Gasteiger partial charge in [0.25, 0.3) is 5.91 Å². The van der Waals surface area contributed by atoms with Crippen molar-refractivity contribution in [3.63, 3.8) is 0 Å². The van der Waals surface area contributed by atoms with Gasteiger partial charge in [0.15, 0.2) is 11.7 Å². The molecule has 0 radical (unpaired) electrons. The number of benzene rings is 1. The molecule has 1 amide bonds. The van der Waals surface area contributed by atoms with Crippen molar-refractivity contribution in [2.45, 2.75) is 0 Å². The Bertz CT molecular complexity index is 459. The van der Waals surface area contributed by atoms with E-state index >= 15 is 0 Å². The van der Waals surface area contributed by atoms with Crippen molar-refractivity contribution < 1.29 is 14.3 Å². The molecule has 6 nitrogen and oxygen atoms in total. The zero-order chi connectivity index (χ0) is 14.8. The second-order valence-electron chi connectivity index (χ2n) is 3.67. The molecular weight excluding hydrogens is 302 g/mol. The summed E-state index contributed by atoms with van der Waals surface area (Å²) in [5.41, 5.74) is 4.95. The van der Waals surface area contributed by atoms with Gasteiger partial charge in [-0.05, 0) is 30.4 Å². The van der Waals surface area contributed by atoms with Crippen molar-refractivity contribution in [1.82, 2.24) is 16.2 Å². The summed E-state index contributed by atoms with van der Waals surface area (Å²) < 4.78 is 10.1. The molecule has 0 bridgehead atoms. The summed E-state index contributed by atoms with van der Waals surface area (Å²) in [5, 5.41) is 3.69. The summed E-state index contributed by atoms with van der Waals surface area (Å²) in [6.45, 7) is 0.929. The molecule has 1 aromatic rings. The van der Waals surface area contributed by atoms with Crippen LogP contribution in [0.4, 0.5) is 0 Å². The SMILES string of the molecule is COCCNC(=S)NNC(=O)COc1cccc(Cl)c1. The Morgan fingerprint density at radius 3 is 2.90 bits per heavy atom. The van der Waals surface area contributed by atoms with Crippen LogP contribution >= 0.6 is 23.8 Å². The average Bonchev–Trinajstić information content (AvgIpc) is 2.43. The molecule has 110 valence electrons. The lowest BCUT2D eigenvalue weighted by Gasteiger charge is -2.11. The molecule has 20 heavy (non-hydrogen) atoms. The van der Waals surface area contributed by atoms with Crippen molar-refractivity contribution in [1.29, 1.82) is 0 Å². The first-order chi connectivity index (χ1) is 9.61. The number of methoxy groups -OCH3 is 1. The highest BCUT2D eigenvalue weighted by atomic mass is 35.5. The maximum Gasteiger partial charge on any atom is 0.276 e. The number of carbonyl (C=O) groups excluding carboxylic acids is 1. The van der Waals surface area contributed by atoms with Gasteiger partial charge < -0.3 is 14.8 Å². The van der Waals surface area contributed by atoms with Gasteiger partial charge >= 0.3 is 0 Å². The van der Waals surface area contributed by atoms with Crippen molar-refractivity contribution >= 4 is 34.8 Å². The fourth-order valence-corrected chi connectivity index (χ4v) is 1.51. The largest absolute Gasteiger partial charge is 0.484 e. The molecule has 3 N–H and O–H groups in total. The van der Waals surface area contributed by atoms with E-state index in [4.69, 9.17) is 33.3 Å². The fraction of sp³-hybridized carbons (Fsp3) is 0.333. The minimum Gasteiger partial charge on any atom is -0.484 e. The molecule has 0 fully saturated rings. The maximum absolute atomic E-state index is 11.5. The molecule has 0 aliphatic heterocycles. The smallest absolute Gasteiger partial charge is 0.276 e. The molecule has 1 aromatic carbocycles. The Morgan fingerprint density at radius 1 is 1.40 bits per heavy atom. The quantitative estimate of drug-likeness (QED) is 0.411. The standard InChI is InChI=1S/C12H16ClN3O3S/c1-18-6-5-14-12(20)16-15-11(17)8-19-10-4-2-3-9(13)7-10/h2-4,7H,5-6,8H2,1H3,(H,15,17)(H2,14,16,20). The van der Waals surface area contributed by atoms with E-state index < -0.39 is 0 Å². The van der Waals surface area contributed by atoms with Crippen molar-refractivity contribution in [2.24, 2.45) is 0 Å². The number of thiocarbonyl (C=S) groups is 1. The third-order valence-electron chi connectivity index (χ3n) is 2.07. The lowest BCUT2D eigenvalue weighted by atomic mass is 10.3. The Labute approximate surface area is 127 Å². The molecule has 0 saturated carbocycles. The van der Waals surface area contributed by atoms with Crippen LogP contribution in [0.5, 0.6) is 5.75 Å². The van der Waals surface area contributed by atoms with Crippen LogP contribution in [0.1, 0.15) is 0 Å². The molecule has 1 rings (SSSR count). The van der Waals surface area contributed by atoms with E-state index in [2.05, 4.69) is 16.2 Å². The number of halogens is 1. The van der Waals surface area contributed by atoms with Gasteiger partial charge in [0.1, 0.15) is 5.75 Å². The van der Waals surface area contributed by atoms with Gasteiger partial charge in [-0.15, -0.1) is 0 Å². The Kier molecular flexibility index (Phi) is 7.71. The van der Waals surface area contributed by atoms with Gasteiger partial charge in [0, 0.05) is 18.7 Å². The van der Waals surface area contributed by atoms with E-state index in [1.54, 1.807) is 31.4 Å². The fourth-order valence-electron chi connectivity index (χ4n) is 1.18. The number of hydrazine groups is 1. The Balaban J connectivity index is 2.19. The summed E-state index contributed by atoms with van der Waals surface area (Å²) in [4.78, 5) is 11.5. The number of hydrogen-bond acceptors (Lipinski definition) is 4. The number of nitrogens with one attached hydrogen (secondary N) is 3. The van der Waals surface area contributed by atoms with E-state index in [0.29, 0.717) is 29.0 Å². The molecule has 8 heteroatoms. The van der Waals surface area contributed by atoms with Crippen molar-refractivity contribution in [2.75, 3.05) is 26.9 Å². The predicted octanol–water partition coefficient (Wildman–Crippen LogP) is 0.861. The summed E-state index contributed by atoms with van der Waals surface area (Å²) in [6, 6.07) is 6.80. The van der Waals surface area contributed by atoms with E-state index in [1.165, 1.54) is 0 Å². The first-order valence-corrected chi connectivity index (χ1v) is 6.60. The number of hydrogen-bond donors (Lipinski definition) is 3. The van der Waals surface area contributed by atoms with Crippen molar-refractivity contribution in [3.05, 3.63) is 29.3 Å². The molecule has 0 unspecified atom stereocenters. The highest BCUT2D eigenvalue weighted by Gasteiger charge is 2.03. The highest BCUT2D eigenvalue weighted by Crippen LogP contribution is 2.16. The monoisotopic (exact) mass is 317 g/mol. The van der Waals surface area contributed by atoms with Gasteiger partial charge in [-0.1, -0.05) is 17.7 Å². The van der Waals surface area contributed by atoms with Gasteiger partial charge in [-0.2, -0.15) is 0 Å². The van der Waals surface area contributed by atoms with E-state index in [1.807, 2.05) is 0 Å². The zero-order valence-corrected chi connectivity index (χ0v) is 12.5. The van der Waals surface area contributed by atoms with Gasteiger partial charge in [-0.3, -0.25) is 15.6 Å². The van der Waals surface area contributed by atoms with Crippen LogP contribution in [-0.2, 0) is 9.53 Å². The van der Waals surface area contributed by atoms with Crippen LogP contribution in [0, 0.1) is 0 Å². The molecule has 0 aliphatic rings. The summed E-state index contributed by atoms with van der Waals surface area (Å²) in [6.07, 6.45) is 0. The van der Waals surface area contributed by atoms with Crippen LogP contribution in [-0.4, -0.2) is 37.9 Å². The predicted molar refractivity (Wildman–Crippen MR) is 80.7 cm³/mol. The molecule has 0 atom stereocenters. The molecule has 0 saturated heterocycles. The van der Waals surface area contributed by atoms with Gasteiger partial charge in [-0.25, -0.2) is 0 Å². The van der Waals surface area contributed by atoms with Gasteiger partial charge in [0.05, 0.1) is 6.61 Å². The third kappa shape index (κ3) is 7.13. The van der Waals surface area contributed by atoms with E-state index in [9.17, 15) is 4.79 Å². The molecule has 0 heterocycles. The maximum atomic E-state index is 11.5. The van der Waals surface area contributed by atoms with Crippen LogP contribution < -0.4 is 20.9 Å². The molecule has 0 aliphatic carbocycles. The van der Waals surface area contributed by atoms with Crippen LogP contribution in [0.15, 0.2) is 24.3 Å². The lowest BCUT2D eigenvalue weighted by molar-refractivity contribution is -0.123. The zero-order valence-electron chi connectivity index (χ0n) is 10.9. The molecule has 0 spiro atoms. The summed E-state index contributed by atoms with van der Waals surface area (Å²) in [5.74, 6) is 0.161. The summed E-state index contributed by atoms with van der Waals surface area (Å²) in [7, 11) is 1.59. The Hall–Kier alpha value is -1.57. The second-order valence-corrected chi connectivity index (χ2v) is 4.51. The topological polar surface area (TPSA) is 71.6 Å². The number of rotatable bonds is 6. The minimum absolute atomic E-state index is 0.145. The lowest BCUT2D eigenvalue weighted by Crippen LogP contribution is -2.48. The normalized spacial score (nSPS) is 9.70. The van der Waals surface area contributed by atoms with E-state index in [0.717, 1.165) is 0 Å². The highest BCUT2D eigenvalue weighted by molar-refractivity contribution is 7.80. The summed E-state index contributed by atoms with van der Waals surface area (Å²) >= 11 is 10.7. The third-order valence-corrected chi connectivity index (χ3v) is 2.55. The van der Waals surface area contributed by atoms with Crippen molar-refractivity contribution in [3.8, 4) is 5.75 Å². The first kappa shape index (κ1) is 16.5. The number of carbonyl (C=O) groups is 1. The first-order valence-electron chi connectivity index (χ1n) is 5.82.